The Bertz CT molecular complexity index is 658. The molecule has 0 saturated carbocycles. The van der Waals surface area contributed by atoms with Crippen molar-refractivity contribution in [2.45, 2.75) is 33.6 Å². The molecule has 1 aromatic heterocycles. The van der Waals surface area contributed by atoms with Gasteiger partial charge in [-0.05, 0) is 51.3 Å². The Balaban J connectivity index is 1.82. The van der Waals surface area contributed by atoms with Gasteiger partial charge in [0.15, 0.2) is 5.96 Å². The van der Waals surface area contributed by atoms with E-state index in [0.29, 0.717) is 6.54 Å². The largest absolute Gasteiger partial charge is 0.497 e. The van der Waals surface area contributed by atoms with Gasteiger partial charge in [0.2, 0.25) is 0 Å². The molecule has 0 radical (unpaired) electrons. The maximum Gasteiger partial charge on any atom is 0.191 e. The predicted octanol–water partition coefficient (Wildman–Crippen LogP) is 2.64. The molecule has 2 rings (SSSR count). The summed E-state index contributed by atoms with van der Waals surface area (Å²) in [5.74, 6) is 2.60. The molecule has 6 heteroatoms. The highest BCUT2D eigenvalue weighted by Crippen LogP contribution is 2.13. The molecule has 136 valence electrons. The van der Waals surface area contributed by atoms with E-state index in [-0.39, 0.29) is 0 Å². The van der Waals surface area contributed by atoms with Gasteiger partial charge in [0.05, 0.1) is 12.8 Å². The van der Waals surface area contributed by atoms with Crippen LogP contribution in [-0.2, 0) is 12.8 Å². The van der Waals surface area contributed by atoms with Crippen molar-refractivity contribution in [1.82, 2.24) is 15.8 Å². The summed E-state index contributed by atoms with van der Waals surface area (Å²) in [6.45, 7) is 8.32. The van der Waals surface area contributed by atoms with Crippen molar-refractivity contribution in [3.63, 3.8) is 0 Å². The summed E-state index contributed by atoms with van der Waals surface area (Å²) in [5.41, 5.74) is 3.36. The molecule has 25 heavy (non-hydrogen) atoms. The van der Waals surface area contributed by atoms with Gasteiger partial charge < -0.3 is 19.9 Å². The normalized spacial score (nSPS) is 11.4. The van der Waals surface area contributed by atoms with E-state index in [4.69, 9.17) is 9.26 Å². The molecule has 0 aliphatic carbocycles. The van der Waals surface area contributed by atoms with Crippen molar-refractivity contribution in [3.8, 4) is 5.75 Å². The second-order valence-electron chi connectivity index (χ2n) is 5.84. The highest BCUT2D eigenvalue weighted by atomic mass is 16.5. The van der Waals surface area contributed by atoms with Gasteiger partial charge in [-0.25, -0.2) is 0 Å². The summed E-state index contributed by atoms with van der Waals surface area (Å²) in [4.78, 5) is 4.63. The smallest absolute Gasteiger partial charge is 0.191 e. The molecule has 0 aliphatic rings. The molecule has 1 heterocycles. The van der Waals surface area contributed by atoms with Crippen LogP contribution in [0.2, 0.25) is 0 Å². The quantitative estimate of drug-likeness (QED) is 0.569. The highest BCUT2D eigenvalue weighted by Gasteiger charge is 2.08. The van der Waals surface area contributed by atoms with Crippen LogP contribution in [0.5, 0.6) is 5.75 Å². The minimum absolute atomic E-state index is 0.695. The van der Waals surface area contributed by atoms with Crippen LogP contribution < -0.4 is 15.4 Å². The van der Waals surface area contributed by atoms with Gasteiger partial charge in [-0.1, -0.05) is 17.3 Å². The minimum Gasteiger partial charge on any atom is -0.497 e. The number of hydrogen-bond acceptors (Lipinski definition) is 4. The number of aryl methyl sites for hydroxylation is 2. The molecule has 2 N–H and O–H groups in total. The first kappa shape index (κ1) is 18.8. The fraction of sp³-hybridized carbons (Fsp3) is 0.474. The highest BCUT2D eigenvalue weighted by molar-refractivity contribution is 5.79. The Morgan fingerprint density at radius 3 is 2.52 bits per heavy atom. The van der Waals surface area contributed by atoms with Gasteiger partial charge in [-0.15, -0.1) is 0 Å². The van der Waals surface area contributed by atoms with E-state index in [1.807, 2.05) is 26.0 Å². The minimum atomic E-state index is 0.695. The topological polar surface area (TPSA) is 71.7 Å². The molecule has 0 fully saturated rings. The third-order valence-electron chi connectivity index (χ3n) is 4.02. The Morgan fingerprint density at radius 2 is 1.92 bits per heavy atom. The van der Waals surface area contributed by atoms with E-state index >= 15 is 0 Å². The van der Waals surface area contributed by atoms with Gasteiger partial charge in [-0.3, -0.25) is 4.99 Å². The Labute approximate surface area is 149 Å². The van der Waals surface area contributed by atoms with Gasteiger partial charge in [0.1, 0.15) is 11.5 Å². The molecule has 0 atom stereocenters. The fourth-order valence-electron chi connectivity index (χ4n) is 2.60. The number of rotatable bonds is 8. The summed E-state index contributed by atoms with van der Waals surface area (Å²) in [6, 6.07) is 8.14. The number of benzene rings is 1. The number of nitrogens with one attached hydrogen (secondary N) is 2. The van der Waals surface area contributed by atoms with Crippen LogP contribution >= 0.6 is 0 Å². The average molecular weight is 344 g/mol. The second-order valence-corrected chi connectivity index (χ2v) is 5.84. The van der Waals surface area contributed by atoms with E-state index in [1.165, 1.54) is 5.56 Å². The second kappa shape index (κ2) is 9.71. The summed E-state index contributed by atoms with van der Waals surface area (Å²) in [7, 11) is 1.68. The number of aliphatic imine (C=N–C) groups is 1. The van der Waals surface area contributed by atoms with Crippen molar-refractivity contribution < 1.29 is 9.26 Å². The van der Waals surface area contributed by atoms with E-state index in [2.05, 4.69) is 39.8 Å². The van der Waals surface area contributed by atoms with Crippen molar-refractivity contribution in [2.75, 3.05) is 26.7 Å². The van der Waals surface area contributed by atoms with Crippen molar-refractivity contribution in [2.24, 2.45) is 4.99 Å². The Morgan fingerprint density at radius 1 is 1.16 bits per heavy atom. The Hall–Kier alpha value is -2.50. The fourth-order valence-corrected chi connectivity index (χ4v) is 2.60. The molecular weight excluding hydrogens is 316 g/mol. The van der Waals surface area contributed by atoms with Crippen molar-refractivity contribution >= 4 is 5.96 Å². The number of hydrogen-bond donors (Lipinski definition) is 2. The lowest BCUT2D eigenvalue weighted by molar-refractivity contribution is 0.392. The first-order valence-electron chi connectivity index (χ1n) is 8.71. The lowest BCUT2D eigenvalue weighted by atomic mass is 10.1. The van der Waals surface area contributed by atoms with Crippen molar-refractivity contribution in [3.05, 3.63) is 46.8 Å². The molecule has 0 aliphatic heterocycles. The van der Waals surface area contributed by atoms with Crippen LogP contribution in [0.25, 0.3) is 0 Å². The molecule has 0 amide bonds. The number of methoxy groups -OCH3 is 1. The predicted molar refractivity (Wildman–Crippen MR) is 100 cm³/mol. The lowest BCUT2D eigenvalue weighted by Crippen LogP contribution is -2.38. The van der Waals surface area contributed by atoms with E-state index in [9.17, 15) is 0 Å². The van der Waals surface area contributed by atoms with Gasteiger partial charge in [0, 0.05) is 25.2 Å². The Kier molecular flexibility index (Phi) is 7.32. The zero-order valence-electron chi connectivity index (χ0n) is 15.6. The summed E-state index contributed by atoms with van der Waals surface area (Å²) in [6.07, 6.45) is 1.76. The number of nitrogens with zero attached hydrogens (tertiary/aromatic N) is 2. The molecule has 6 nitrogen and oxygen atoms in total. The monoisotopic (exact) mass is 344 g/mol. The average Bonchev–Trinajstić information content (AvgIpc) is 2.94. The first-order chi connectivity index (χ1) is 12.1. The maximum absolute atomic E-state index is 5.19. The molecule has 0 bridgehead atoms. The van der Waals surface area contributed by atoms with Gasteiger partial charge in [-0.2, -0.15) is 0 Å². The molecular formula is C19H28N4O2. The third-order valence-corrected chi connectivity index (χ3v) is 4.02. The summed E-state index contributed by atoms with van der Waals surface area (Å²) < 4.78 is 10.4. The molecule has 2 aromatic rings. The van der Waals surface area contributed by atoms with Gasteiger partial charge >= 0.3 is 0 Å². The zero-order chi connectivity index (χ0) is 18.1. The van der Waals surface area contributed by atoms with Crippen LogP contribution in [0.15, 0.2) is 33.8 Å². The first-order valence-corrected chi connectivity index (χ1v) is 8.71. The molecule has 0 saturated heterocycles. The van der Waals surface area contributed by atoms with E-state index < -0.39 is 0 Å². The SMILES string of the molecule is CCNC(=NCCc1c(C)noc1C)NCCc1ccc(OC)cc1. The van der Waals surface area contributed by atoms with Crippen LogP contribution in [0.4, 0.5) is 0 Å². The van der Waals surface area contributed by atoms with E-state index in [1.54, 1.807) is 7.11 Å². The van der Waals surface area contributed by atoms with Crippen LogP contribution in [-0.4, -0.2) is 37.9 Å². The summed E-state index contributed by atoms with van der Waals surface area (Å²) in [5, 5.41) is 10.6. The molecule has 1 aromatic carbocycles. The zero-order valence-corrected chi connectivity index (χ0v) is 15.6. The summed E-state index contributed by atoms with van der Waals surface area (Å²) >= 11 is 0. The number of guanidine groups is 1. The third kappa shape index (κ3) is 5.81. The molecule has 0 unspecified atom stereocenters. The standard InChI is InChI=1S/C19H28N4O2/c1-5-20-19(22-13-11-18-14(2)23-25-15(18)3)21-12-10-16-6-8-17(24-4)9-7-16/h6-9H,5,10-13H2,1-4H3,(H2,20,21,22). The van der Waals surface area contributed by atoms with Gasteiger partial charge in [0.25, 0.3) is 0 Å². The van der Waals surface area contributed by atoms with E-state index in [0.717, 1.165) is 54.7 Å². The van der Waals surface area contributed by atoms with Crippen LogP contribution in [0.3, 0.4) is 0 Å². The van der Waals surface area contributed by atoms with Crippen molar-refractivity contribution in [1.29, 1.82) is 0 Å². The molecule has 0 spiro atoms. The number of ether oxygens (including phenoxy) is 1. The number of aromatic nitrogens is 1. The van der Waals surface area contributed by atoms with Crippen LogP contribution in [0, 0.1) is 13.8 Å². The maximum atomic E-state index is 5.19. The lowest BCUT2D eigenvalue weighted by Gasteiger charge is -2.11. The van der Waals surface area contributed by atoms with Crippen LogP contribution in [0.1, 0.15) is 29.5 Å².